The van der Waals surface area contributed by atoms with Gasteiger partial charge in [-0.2, -0.15) is 5.26 Å². The Balaban J connectivity index is 1.67. The van der Waals surface area contributed by atoms with Crippen LogP contribution < -0.4 is 10.1 Å². The minimum Gasteiger partial charge on any atom is -0.456 e. The lowest BCUT2D eigenvalue weighted by Gasteiger charge is -2.46. The van der Waals surface area contributed by atoms with Gasteiger partial charge in [-0.05, 0) is 88.9 Å². The Morgan fingerprint density at radius 1 is 1.14 bits per heavy atom. The van der Waals surface area contributed by atoms with Crippen LogP contribution in [-0.2, 0) is 0 Å². The van der Waals surface area contributed by atoms with Gasteiger partial charge in [0, 0.05) is 23.1 Å². The molecule has 0 radical (unpaired) electrons. The lowest BCUT2D eigenvalue weighted by molar-refractivity contribution is 0.0864. The van der Waals surface area contributed by atoms with Crippen LogP contribution in [0.1, 0.15) is 62.9 Å². The number of carbonyl (C=O) groups excluding carboxylic acids is 1. The van der Waals surface area contributed by atoms with E-state index in [9.17, 15) is 9.18 Å². The van der Waals surface area contributed by atoms with Crippen LogP contribution in [0.2, 0.25) is 0 Å². The van der Waals surface area contributed by atoms with Crippen molar-refractivity contribution in [2.45, 2.75) is 58.0 Å². The molecular formula is C24H27FN2O2. The maximum Gasteiger partial charge on any atom is 0.163 e. The number of benzene rings is 2. The first-order chi connectivity index (χ1) is 13.6. The average Bonchev–Trinajstić information content (AvgIpc) is 2.61. The fourth-order valence-corrected chi connectivity index (χ4v) is 4.57. The number of rotatable bonds is 5. The average molecular weight is 394 g/mol. The van der Waals surface area contributed by atoms with Gasteiger partial charge in [0.2, 0.25) is 0 Å². The van der Waals surface area contributed by atoms with Gasteiger partial charge in [-0.15, -0.1) is 0 Å². The van der Waals surface area contributed by atoms with Crippen LogP contribution in [0.5, 0.6) is 11.5 Å². The second-order valence-corrected chi connectivity index (χ2v) is 9.17. The second kappa shape index (κ2) is 7.96. The minimum atomic E-state index is -0.487. The van der Waals surface area contributed by atoms with Crippen molar-refractivity contribution in [3.05, 3.63) is 59.4 Å². The van der Waals surface area contributed by atoms with Crippen molar-refractivity contribution in [3.63, 3.8) is 0 Å². The second-order valence-electron chi connectivity index (χ2n) is 9.17. The summed E-state index contributed by atoms with van der Waals surface area (Å²) in [6, 6.07) is 12.6. The number of ketones is 1. The van der Waals surface area contributed by atoms with E-state index < -0.39 is 5.82 Å². The molecule has 0 bridgehead atoms. The lowest BCUT2D eigenvalue weighted by atomic mass is 9.74. The van der Waals surface area contributed by atoms with E-state index in [0.29, 0.717) is 23.7 Å². The number of nitriles is 1. The molecule has 1 N–H and O–H groups in total. The van der Waals surface area contributed by atoms with Gasteiger partial charge < -0.3 is 10.1 Å². The van der Waals surface area contributed by atoms with Crippen molar-refractivity contribution in [1.82, 2.24) is 5.32 Å². The van der Waals surface area contributed by atoms with Crippen LogP contribution in [0, 0.1) is 23.1 Å². The van der Waals surface area contributed by atoms with Gasteiger partial charge in [0.1, 0.15) is 23.4 Å². The predicted octanol–water partition coefficient (Wildman–Crippen LogP) is 5.62. The zero-order valence-electron chi connectivity index (χ0n) is 17.4. The molecule has 0 aromatic heterocycles. The number of Topliss-reactive ketones (excluding diaryl/α,β-unsaturated/α-hetero) is 1. The molecule has 4 nitrogen and oxygen atoms in total. The molecule has 0 saturated carbocycles. The summed E-state index contributed by atoms with van der Waals surface area (Å²) >= 11 is 0. The van der Waals surface area contributed by atoms with Gasteiger partial charge in [-0.3, -0.25) is 4.79 Å². The normalized spacial score (nSPS) is 18.1. The number of hydrogen-bond acceptors (Lipinski definition) is 4. The Kier molecular flexibility index (Phi) is 5.77. The van der Waals surface area contributed by atoms with Crippen molar-refractivity contribution in [2.75, 3.05) is 0 Å². The monoisotopic (exact) mass is 394 g/mol. The highest BCUT2D eigenvalue weighted by atomic mass is 19.1. The third-order valence-electron chi connectivity index (χ3n) is 5.21. The summed E-state index contributed by atoms with van der Waals surface area (Å²) in [5, 5.41) is 12.8. The molecule has 0 amide bonds. The Hall–Kier alpha value is -2.71. The third kappa shape index (κ3) is 5.42. The first-order valence-electron chi connectivity index (χ1n) is 9.87. The molecule has 1 fully saturated rings. The van der Waals surface area contributed by atoms with Crippen LogP contribution >= 0.6 is 0 Å². The smallest absolute Gasteiger partial charge is 0.163 e. The molecule has 2 aromatic rings. The highest BCUT2D eigenvalue weighted by Gasteiger charge is 2.38. The molecule has 1 aliphatic rings. The molecule has 0 atom stereocenters. The van der Waals surface area contributed by atoms with E-state index in [0.717, 1.165) is 18.9 Å². The van der Waals surface area contributed by atoms with Gasteiger partial charge in [0.25, 0.3) is 0 Å². The van der Waals surface area contributed by atoms with E-state index in [1.54, 1.807) is 24.3 Å². The van der Waals surface area contributed by atoms with Gasteiger partial charge in [-0.25, -0.2) is 4.39 Å². The maximum atomic E-state index is 13.3. The van der Waals surface area contributed by atoms with Crippen molar-refractivity contribution in [1.29, 1.82) is 5.26 Å². The molecule has 152 valence electrons. The molecule has 1 heterocycles. The van der Waals surface area contributed by atoms with Crippen LogP contribution in [0.15, 0.2) is 42.5 Å². The summed E-state index contributed by atoms with van der Waals surface area (Å²) in [6.07, 6.45) is 2.45. The fraction of sp³-hybridized carbons (Fsp3) is 0.417. The lowest BCUT2D eigenvalue weighted by Crippen LogP contribution is -2.57. The van der Waals surface area contributed by atoms with Crippen LogP contribution in [0.3, 0.4) is 0 Å². The molecular weight excluding hydrogens is 367 g/mol. The standard InChI is InChI=1S/C24H27FN2O2/c1-23(2)13-16(14-24(3,4)27-23)11-21(28)17-5-8-20(9-6-17)29-22-10-7-19(25)12-18(22)15-26/h5-10,12,16,27H,11,13-14H2,1-4H3. The number of piperidine rings is 1. The van der Waals surface area contributed by atoms with Crippen LogP contribution in [0.4, 0.5) is 4.39 Å². The maximum absolute atomic E-state index is 13.3. The molecule has 0 spiro atoms. The van der Waals surface area contributed by atoms with Crippen LogP contribution in [0.25, 0.3) is 0 Å². The molecule has 0 unspecified atom stereocenters. The number of ether oxygens (including phenoxy) is 1. The Morgan fingerprint density at radius 2 is 1.76 bits per heavy atom. The zero-order valence-corrected chi connectivity index (χ0v) is 17.4. The number of carbonyl (C=O) groups is 1. The van der Waals surface area contributed by atoms with Gasteiger partial charge >= 0.3 is 0 Å². The first-order valence-corrected chi connectivity index (χ1v) is 9.87. The Morgan fingerprint density at radius 3 is 2.34 bits per heavy atom. The summed E-state index contributed by atoms with van der Waals surface area (Å²) in [6.45, 7) is 8.73. The Bertz CT molecular complexity index is 926. The van der Waals surface area contributed by atoms with E-state index >= 15 is 0 Å². The summed E-state index contributed by atoms with van der Waals surface area (Å²) in [7, 11) is 0. The van der Waals surface area contributed by atoms with Gasteiger partial charge in [-0.1, -0.05) is 0 Å². The van der Waals surface area contributed by atoms with E-state index in [-0.39, 0.29) is 28.2 Å². The van der Waals surface area contributed by atoms with Gasteiger partial charge in [0.05, 0.1) is 5.56 Å². The minimum absolute atomic E-state index is 0.0119. The first kappa shape index (κ1) is 21.0. The molecule has 5 heteroatoms. The molecule has 3 rings (SSSR count). The molecule has 2 aromatic carbocycles. The molecule has 29 heavy (non-hydrogen) atoms. The van der Waals surface area contributed by atoms with Crippen molar-refractivity contribution in [2.24, 2.45) is 5.92 Å². The van der Waals surface area contributed by atoms with Crippen molar-refractivity contribution >= 4 is 5.78 Å². The summed E-state index contributed by atoms with van der Waals surface area (Å²) < 4.78 is 18.9. The number of nitrogens with one attached hydrogen (secondary N) is 1. The molecule has 1 aliphatic heterocycles. The van der Waals surface area contributed by atoms with E-state index in [1.165, 1.54) is 12.1 Å². The third-order valence-corrected chi connectivity index (χ3v) is 5.21. The number of hydrogen-bond donors (Lipinski definition) is 1. The predicted molar refractivity (Wildman–Crippen MR) is 111 cm³/mol. The largest absolute Gasteiger partial charge is 0.456 e. The quantitative estimate of drug-likeness (QED) is 0.669. The highest BCUT2D eigenvalue weighted by molar-refractivity contribution is 5.96. The molecule has 1 saturated heterocycles. The van der Waals surface area contributed by atoms with E-state index in [4.69, 9.17) is 10.00 Å². The summed E-state index contributed by atoms with van der Waals surface area (Å²) in [5.74, 6) is 0.747. The fourth-order valence-electron chi connectivity index (χ4n) is 4.57. The van der Waals surface area contributed by atoms with E-state index in [2.05, 4.69) is 33.0 Å². The molecule has 0 aliphatic carbocycles. The topological polar surface area (TPSA) is 62.1 Å². The Labute approximate surface area is 171 Å². The highest BCUT2D eigenvalue weighted by Crippen LogP contribution is 2.35. The SMILES string of the molecule is CC1(C)CC(CC(=O)c2ccc(Oc3ccc(F)cc3C#N)cc2)CC(C)(C)N1. The summed E-state index contributed by atoms with van der Waals surface area (Å²) in [5.41, 5.74) is 0.795. The summed E-state index contributed by atoms with van der Waals surface area (Å²) in [4.78, 5) is 12.8. The number of halogens is 1. The van der Waals surface area contributed by atoms with Crippen LogP contribution in [-0.4, -0.2) is 16.9 Å². The zero-order chi connectivity index (χ0) is 21.2. The van der Waals surface area contributed by atoms with Crippen molar-refractivity contribution < 1.29 is 13.9 Å². The number of nitrogens with zero attached hydrogens (tertiary/aromatic N) is 1. The van der Waals surface area contributed by atoms with Gasteiger partial charge in [0.15, 0.2) is 5.78 Å². The van der Waals surface area contributed by atoms with Crippen molar-refractivity contribution in [3.8, 4) is 17.6 Å². The van der Waals surface area contributed by atoms with E-state index in [1.807, 2.05) is 6.07 Å².